The molecule has 8 atom stereocenters. The van der Waals surface area contributed by atoms with Crippen LogP contribution in [0.1, 0.15) is 112 Å². The zero-order chi connectivity index (χ0) is 39.4. The van der Waals surface area contributed by atoms with Gasteiger partial charge in [0.25, 0.3) is 0 Å². The predicted molar refractivity (Wildman–Crippen MR) is 194 cm³/mol. The summed E-state index contributed by atoms with van der Waals surface area (Å²) >= 11 is 0. The van der Waals surface area contributed by atoms with Gasteiger partial charge in [-0.3, -0.25) is 33.6 Å². The van der Waals surface area contributed by atoms with Crippen molar-refractivity contribution in [2.45, 2.75) is 154 Å². The minimum Gasteiger partial charge on any atom is -0.481 e. The monoisotopic (exact) mass is 750 g/mol. The third-order valence-corrected chi connectivity index (χ3v) is 10.8. The number of likely N-dealkylation sites (tertiary alicyclic amines) is 2. The van der Waals surface area contributed by atoms with Crippen LogP contribution in [0.15, 0.2) is 0 Å². The van der Waals surface area contributed by atoms with Crippen molar-refractivity contribution >= 4 is 41.4 Å². The van der Waals surface area contributed by atoms with Crippen LogP contribution in [-0.4, -0.2) is 129 Å². The van der Waals surface area contributed by atoms with Gasteiger partial charge in [0.15, 0.2) is 0 Å². The summed E-state index contributed by atoms with van der Waals surface area (Å²) in [6, 6.07) is -6.27. The molecule has 0 aromatic heterocycles. The second-order valence-electron chi connectivity index (χ2n) is 15.5. The van der Waals surface area contributed by atoms with E-state index >= 15 is 0 Å². The SMILES string of the molecule is CCCNC(=O)[C@@H](NC(=O)[C@@H]1CC(O)CN1C(=O)[C@H](CC(=O)O)NC(=O)[C@@H]1CCCCN1C(=O)[C@@H](NC(=O)C[C@H](C)C1CCCCC1)C(C)C)C(C)O. The first kappa shape index (κ1) is 43.6. The van der Waals surface area contributed by atoms with Crippen molar-refractivity contribution in [3.05, 3.63) is 0 Å². The smallest absolute Gasteiger partial charge is 0.305 e. The Labute approximate surface area is 312 Å². The summed E-state index contributed by atoms with van der Waals surface area (Å²) in [5, 5.41) is 40.9. The van der Waals surface area contributed by atoms with Crippen LogP contribution in [0.4, 0.5) is 0 Å². The largest absolute Gasteiger partial charge is 0.481 e. The quantitative estimate of drug-likeness (QED) is 0.108. The zero-order valence-corrected chi connectivity index (χ0v) is 32.0. The highest BCUT2D eigenvalue weighted by atomic mass is 16.4. The van der Waals surface area contributed by atoms with Crippen LogP contribution < -0.4 is 21.3 Å². The van der Waals surface area contributed by atoms with Crippen LogP contribution in [-0.2, 0) is 33.6 Å². The number of β-amino-alcohol motifs (C(OH)–C–C–N with tert-alkyl or cyclic N) is 1. The first-order valence-electron chi connectivity index (χ1n) is 19.4. The number of amides is 6. The number of carbonyl (C=O) groups is 7. The Hall–Kier alpha value is -3.79. The number of nitrogens with one attached hydrogen (secondary N) is 4. The topological polar surface area (TPSA) is 235 Å². The van der Waals surface area contributed by atoms with E-state index in [0.717, 1.165) is 30.6 Å². The molecule has 2 heterocycles. The van der Waals surface area contributed by atoms with Crippen molar-refractivity contribution in [3.63, 3.8) is 0 Å². The first-order chi connectivity index (χ1) is 25.0. The Kier molecular flexibility index (Phi) is 17.0. The zero-order valence-electron chi connectivity index (χ0n) is 32.0. The molecule has 2 unspecified atom stereocenters. The van der Waals surface area contributed by atoms with Gasteiger partial charge in [-0.05, 0) is 50.4 Å². The minimum atomic E-state index is -1.65. The van der Waals surface area contributed by atoms with Crippen molar-refractivity contribution in [3.8, 4) is 0 Å². The average molecular weight is 751 g/mol. The van der Waals surface area contributed by atoms with Crippen LogP contribution in [0.2, 0.25) is 0 Å². The highest BCUT2D eigenvalue weighted by Crippen LogP contribution is 2.31. The number of piperidine rings is 1. The summed E-state index contributed by atoms with van der Waals surface area (Å²) in [6.45, 7) is 9.03. The lowest BCUT2D eigenvalue weighted by molar-refractivity contribution is -0.149. The molecule has 3 aliphatic rings. The molecule has 2 saturated heterocycles. The summed E-state index contributed by atoms with van der Waals surface area (Å²) in [5.74, 6) is -4.90. The van der Waals surface area contributed by atoms with E-state index in [1.807, 2.05) is 20.8 Å². The predicted octanol–water partition coefficient (Wildman–Crippen LogP) is 0.428. The Balaban J connectivity index is 1.75. The van der Waals surface area contributed by atoms with E-state index in [1.54, 1.807) is 0 Å². The summed E-state index contributed by atoms with van der Waals surface area (Å²) in [5.41, 5.74) is 0. The van der Waals surface area contributed by atoms with Crippen LogP contribution in [0.5, 0.6) is 0 Å². The van der Waals surface area contributed by atoms with Gasteiger partial charge in [-0.1, -0.05) is 59.8 Å². The number of hydrogen-bond acceptors (Lipinski definition) is 9. The van der Waals surface area contributed by atoms with Gasteiger partial charge >= 0.3 is 5.97 Å². The fourth-order valence-corrected chi connectivity index (χ4v) is 7.72. The highest BCUT2D eigenvalue weighted by molar-refractivity contribution is 5.98. The number of aliphatic hydroxyl groups excluding tert-OH is 2. The minimum absolute atomic E-state index is 0.169. The molecule has 3 rings (SSSR count). The first-order valence-corrected chi connectivity index (χ1v) is 19.4. The van der Waals surface area contributed by atoms with Gasteiger partial charge in [0.2, 0.25) is 35.4 Å². The summed E-state index contributed by atoms with van der Waals surface area (Å²) in [4.78, 5) is 95.3. The third kappa shape index (κ3) is 12.4. The van der Waals surface area contributed by atoms with E-state index in [1.165, 1.54) is 18.2 Å². The van der Waals surface area contributed by atoms with Crippen molar-refractivity contribution in [2.75, 3.05) is 19.6 Å². The van der Waals surface area contributed by atoms with E-state index in [4.69, 9.17) is 0 Å². The number of aliphatic hydroxyl groups is 2. The van der Waals surface area contributed by atoms with E-state index in [-0.39, 0.29) is 43.7 Å². The number of nitrogens with zero attached hydrogens (tertiary/aromatic N) is 2. The van der Waals surface area contributed by atoms with Crippen molar-refractivity contribution in [2.24, 2.45) is 17.8 Å². The number of hydrogen-bond donors (Lipinski definition) is 7. The number of aliphatic carboxylic acids is 1. The molecule has 0 aromatic carbocycles. The number of carboxylic acids is 1. The Morgan fingerprint density at radius 2 is 1.40 bits per heavy atom. The van der Waals surface area contributed by atoms with E-state index in [2.05, 4.69) is 28.2 Å². The van der Waals surface area contributed by atoms with Gasteiger partial charge in [0.1, 0.15) is 30.2 Å². The normalized spacial score (nSPS) is 23.7. The second-order valence-corrected chi connectivity index (χ2v) is 15.5. The summed E-state index contributed by atoms with van der Waals surface area (Å²) in [7, 11) is 0. The third-order valence-electron chi connectivity index (χ3n) is 10.8. The van der Waals surface area contributed by atoms with Gasteiger partial charge in [-0.2, -0.15) is 0 Å². The molecular formula is C37H62N6O10. The number of rotatable bonds is 17. The molecule has 300 valence electrons. The maximum absolute atomic E-state index is 14.0. The molecule has 0 radical (unpaired) electrons. The molecule has 6 amide bonds. The second kappa shape index (κ2) is 20.6. The lowest BCUT2D eigenvalue weighted by Gasteiger charge is -2.38. The molecule has 2 aliphatic heterocycles. The van der Waals surface area contributed by atoms with E-state index in [0.29, 0.717) is 38.1 Å². The fourth-order valence-electron chi connectivity index (χ4n) is 7.72. The lowest BCUT2D eigenvalue weighted by atomic mass is 9.79. The van der Waals surface area contributed by atoms with Crippen LogP contribution in [0.25, 0.3) is 0 Å². The molecule has 3 fully saturated rings. The molecule has 0 bridgehead atoms. The van der Waals surface area contributed by atoms with Crippen molar-refractivity contribution in [1.82, 2.24) is 31.1 Å². The summed E-state index contributed by atoms with van der Waals surface area (Å²) < 4.78 is 0. The fraction of sp³-hybridized carbons (Fsp3) is 0.811. The molecule has 16 heteroatoms. The molecule has 7 N–H and O–H groups in total. The molecule has 53 heavy (non-hydrogen) atoms. The van der Waals surface area contributed by atoms with Gasteiger partial charge in [-0.15, -0.1) is 0 Å². The Morgan fingerprint density at radius 1 is 0.755 bits per heavy atom. The van der Waals surface area contributed by atoms with Crippen molar-refractivity contribution in [1.29, 1.82) is 0 Å². The van der Waals surface area contributed by atoms with Gasteiger partial charge in [0.05, 0.1) is 18.6 Å². The molecule has 16 nitrogen and oxygen atoms in total. The maximum Gasteiger partial charge on any atom is 0.305 e. The molecule has 1 saturated carbocycles. The van der Waals surface area contributed by atoms with Crippen LogP contribution >= 0.6 is 0 Å². The number of carbonyl (C=O) groups excluding carboxylic acids is 6. The van der Waals surface area contributed by atoms with Crippen LogP contribution in [0.3, 0.4) is 0 Å². The summed E-state index contributed by atoms with van der Waals surface area (Å²) in [6.07, 6.45) is 4.53. The Morgan fingerprint density at radius 3 is 2.00 bits per heavy atom. The lowest BCUT2D eigenvalue weighted by Crippen LogP contribution is -2.61. The molecule has 0 aromatic rings. The van der Waals surface area contributed by atoms with Gasteiger partial charge in [-0.25, -0.2) is 0 Å². The maximum atomic E-state index is 14.0. The van der Waals surface area contributed by atoms with Gasteiger partial charge in [0, 0.05) is 32.5 Å². The number of carboxylic acid groups (broad SMARTS) is 1. The molecule has 1 aliphatic carbocycles. The molecular weight excluding hydrogens is 688 g/mol. The molecule has 0 spiro atoms. The van der Waals surface area contributed by atoms with E-state index < -0.39 is 84.3 Å². The van der Waals surface area contributed by atoms with E-state index in [9.17, 15) is 48.9 Å². The highest BCUT2D eigenvalue weighted by Gasteiger charge is 2.45. The Bertz CT molecular complexity index is 1300. The van der Waals surface area contributed by atoms with Crippen LogP contribution in [0, 0.1) is 17.8 Å². The van der Waals surface area contributed by atoms with Crippen molar-refractivity contribution < 1.29 is 48.9 Å². The van der Waals surface area contributed by atoms with Gasteiger partial charge < -0.3 is 46.4 Å². The standard InChI is InChI=1S/C37H62N6O10/c1-6-15-38-35(51)32(23(5)44)41-34(50)28-18-25(45)20-43(28)36(52)26(19-30(47)48)39-33(49)27-14-10-11-16-42(27)37(53)31(21(2)3)40-29(46)17-22(4)24-12-8-7-9-13-24/h21-28,31-32,44-45H,6-20H2,1-5H3,(H,38,51)(H,39,49)(H,40,46)(H,41,50)(H,47,48)/t22-,23?,25?,26-,27-,28-,31-,32-/m0/s1. The average Bonchev–Trinajstić information content (AvgIpc) is 3.52.